The van der Waals surface area contributed by atoms with Crippen LogP contribution in [0.1, 0.15) is 51.9 Å². The predicted molar refractivity (Wildman–Crippen MR) is 61.4 cm³/mol. The Labute approximate surface area is 91.9 Å². The van der Waals surface area contributed by atoms with E-state index in [4.69, 9.17) is 4.74 Å². The van der Waals surface area contributed by atoms with E-state index < -0.39 is 0 Å². The molecule has 0 saturated heterocycles. The van der Waals surface area contributed by atoms with Gasteiger partial charge in [-0.1, -0.05) is 34.6 Å². The highest BCUT2D eigenvalue weighted by Gasteiger charge is 2.18. The normalized spacial score (nSPS) is 11.9. The number of hydrogen-bond donors (Lipinski definition) is 0. The van der Waals surface area contributed by atoms with Crippen molar-refractivity contribution in [2.24, 2.45) is 0 Å². The Morgan fingerprint density at radius 1 is 1.20 bits per heavy atom. The van der Waals surface area contributed by atoms with Gasteiger partial charge in [0.05, 0.1) is 18.5 Å². The van der Waals surface area contributed by atoms with Crippen LogP contribution in [0.4, 0.5) is 0 Å². The second-order valence-corrected chi connectivity index (χ2v) is 5.07. The van der Waals surface area contributed by atoms with Crippen molar-refractivity contribution in [3.05, 3.63) is 17.5 Å². The van der Waals surface area contributed by atoms with Crippen LogP contribution in [0.2, 0.25) is 0 Å². The van der Waals surface area contributed by atoms with Crippen molar-refractivity contribution in [3.8, 4) is 6.01 Å². The van der Waals surface area contributed by atoms with E-state index in [9.17, 15) is 0 Å². The first-order valence-electron chi connectivity index (χ1n) is 5.28. The third-order valence-electron chi connectivity index (χ3n) is 2.27. The Morgan fingerprint density at radius 3 is 2.20 bits per heavy atom. The minimum atomic E-state index is 0.0276. The third-order valence-corrected chi connectivity index (χ3v) is 2.27. The third kappa shape index (κ3) is 2.91. The molecule has 0 N–H and O–H groups in total. The fraction of sp³-hybridized carbons (Fsp3) is 0.667. The average Bonchev–Trinajstić information content (AvgIpc) is 2.15. The average molecular weight is 208 g/mol. The van der Waals surface area contributed by atoms with Crippen molar-refractivity contribution in [1.29, 1.82) is 0 Å². The first kappa shape index (κ1) is 12.0. The van der Waals surface area contributed by atoms with Gasteiger partial charge in [-0.15, -0.1) is 0 Å². The quantitative estimate of drug-likeness (QED) is 0.749. The van der Waals surface area contributed by atoms with Gasteiger partial charge < -0.3 is 4.74 Å². The molecule has 3 heteroatoms. The molecule has 0 aliphatic rings. The van der Waals surface area contributed by atoms with E-state index in [0.717, 1.165) is 11.4 Å². The maximum absolute atomic E-state index is 5.12. The summed E-state index contributed by atoms with van der Waals surface area (Å²) in [4.78, 5) is 8.70. The number of ether oxygens (including phenoxy) is 1. The van der Waals surface area contributed by atoms with Gasteiger partial charge in [0.1, 0.15) is 0 Å². The van der Waals surface area contributed by atoms with Crippen LogP contribution < -0.4 is 4.74 Å². The molecular weight excluding hydrogens is 188 g/mol. The van der Waals surface area contributed by atoms with Gasteiger partial charge in [0.25, 0.3) is 0 Å². The molecule has 0 unspecified atom stereocenters. The molecule has 0 radical (unpaired) electrons. The summed E-state index contributed by atoms with van der Waals surface area (Å²) in [6, 6.07) is 2.53. The molecule has 3 nitrogen and oxygen atoms in total. The summed E-state index contributed by atoms with van der Waals surface area (Å²) in [5.74, 6) is 0.392. The molecule has 84 valence electrons. The van der Waals surface area contributed by atoms with Crippen LogP contribution in [0.15, 0.2) is 6.07 Å². The smallest absolute Gasteiger partial charge is 0.316 e. The van der Waals surface area contributed by atoms with Gasteiger partial charge in [-0.05, 0) is 12.0 Å². The Bertz CT molecular complexity index is 340. The number of rotatable bonds is 2. The monoisotopic (exact) mass is 208 g/mol. The summed E-state index contributed by atoms with van der Waals surface area (Å²) in [5.41, 5.74) is 2.09. The van der Waals surface area contributed by atoms with E-state index in [0.29, 0.717) is 11.9 Å². The minimum absolute atomic E-state index is 0.0276. The molecule has 0 spiro atoms. The second-order valence-electron chi connectivity index (χ2n) is 5.07. The largest absolute Gasteiger partial charge is 0.467 e. The van der Waals surface area contributed by atoms with E-state index >= 15 is 0 Å². The highest BCUT2D eigenvalue weighted by atomic mass is 16.5. The summed E-state index contributed by atoms with van der Waals surface area (Å²) in [5, 5.41) is 0. The van der Waals surface area contributed by atoms with E-state index in [1.54, 1.807) is 7.11 Å². The van der Waals surface area contributed by atoms with Crippen molar-refractivity contribution in [3.63, 3.8) is 0 Å². The van der Waals surface area contributed by atoms with Gasteiger partial charge in [-0.3, -0.25) is 0 Å². The first-order chi connectivity index (χ1) is 6.84. The van der Waals surface area contributed by atoms with Gasteiger partial charge >= 0.3 is 6.01 Å². The summed E-state index contributed by atoms with van der Waals surface area (Å²) in [7, 11) is 1.60. The molecule has 15 heavy (non-hydrogen) atoms. The van der Waals surface area contributed by atoms with Crippen molar-refractivity contribution < 1.29 is 4.74 Å². The van der Waals surface area contributed by atoms with Crippen molar-refractivity contribution in [2.75, 3.05) is 7.11 Å². The first-order valence-corrected chi connectivity index (χ1v) is 5.28. The number of hydrogen-bond acceptors (Lipinski definition) is 3. The molecule has 0 bridgehead atoms. The van der Waals surface area contributed by atoms with E-state index in [1.165, 1.54) is 0 Å². The van der Waals surface area contributed by atoms with E-state index in [-0.39, 0.29) is 5.41 Å². The fourth-order valence-corrected chi connectivity index (χ4v) is 1.21. The van der Waals surface area contributed by atoms with Crippen LogP contribution in [-0.2, 0) is 5.41 Å². The Kier molecular flexibility index (Phi) is 3.32. The van der Waals surface area contributed by atoms with Gasteiger partial charge in [0, 0.05) is 5.41 Å². The molecule has 0 atom stereocenters. The Balaban J connectivity index is 3.23. The van der Waals surface area contributed by atoms with Gasteiger partial charge in [-0.25, -0.2) is 0 Å². The lowest BCUT2D eigenvalue weighted by atomic mass is 9.91. The summed E-state index contributed by atoms with van der Waals surface area (Å²) >= 11 is 0. The standard InChI is InChI=1S/C12H20N2O/c1-8(2)9-7-10(12(3,4)5)14-11(13-9)15-6/h7-8H,1-6H3. The highest BCUT2D eigenvalue weighted by Crippen LogP contribution is 2.24. The van der Waals surface area contributed by atoms with Crippen LogP contribution in [0, 0.1) is 0 Å². The summed E-state index contributed by atoms with van der Waals surface area (Å²) < 4.78 is 5.12. The summed E-state index contributed by atoms with van der Waals surface area (Å²) in [6.07, 6.45) is 0. The van der Waals surface area contributed by atoms with E-state index in [2.05, 4.69) is 50.7 Å². The lowest BCUT2D eigenvalue weighted by Crippen LogP contribution is -2.15. The molecule has 1 rings (SSSR count). The molecule has 0 aliphatic heterocycles. The molecular formula is C12H20N2O. The number of methoxy groups -OCH3 is 1. The maximum atomic E-state index is 5.12. The molecule has 0 aromatic carbocycles. The molecule has 0 amide bonds. The second kappa shape index (κ2) is 4.17. The zero-order valence-corrected chi connectivity index (χ0v) is 10.5. The lowest BCUT2D eigenvalue weighted by molar-refractivity contribution is 0.371. The van der Waals surface area contributed by atoms with Crippen LogP contribution in [0.25, 0.3) is 0 Å². The number of nitrogens with zero attached hydrogens (tertiary/aromatic N) is 2. The van der Waals surface area contributed by atoms with Gasteiger partial charge in [0.15, 0.2) is 0 Å². The molecule has 1 aromatic heterocycles. The topological polar surface area (TPSA) is 35.0 Å². The zero-order valence-electron chi connectivity index (χ0n) is 10.5. The van der Waals surface area contributed by atoms with Crippen LogP contribution in [0.5, 0.6) is 6.01 Å². The van der Waals surface area contributed by atoms with Crippen LogP contribution >= 0.6 is 0 Å². The lowest BCUT2D eigenvalue weighted by Gasteiger charge is -2.19. The minimum Gasteiger partial charge on any atom is -0.467 e. The summed E-state index contributed by atoms with van der Waals surface area (Å²) in [6.45, 7) is 10.7. The number of aromatic nitrogens is 2. The van der Waals surface area contributed by atoms with E-state index in [1.807, 2.05) is 0 Å². The van der Waals surface area contributed by atoms with Crippen molar-refractivity contribution in [2.45, 2.75) is 46.0 Å². The zero-order chi connectivity index (χ0) is 11.6. The highest BCUT2D eigenvalue weighted by molar-refractivity contribution is 5.21. The fourth-order valence-electron chi connectivity index (χ4n) is 1.21. The molecule has 1 heterocycles. The Morgan fingerprint density at radius 2 is 1.80 bits per heavy atom. The SMILES string of the molecule is COc1nc(C(C)C)cc(C(C)(C)C)n1. The van der Waals surface area contributed by atoms with Gasteiger partial charge in [-0.2, -0.15) is 9.97 Å². The van der Waals surface area contributed by atoms with Crippen LogP contribution in [0.3, 0.4) is 0 Å². The molecule has 1 aromatic rings. The van der Waals surface area contributed by atoms with Gasteiger partial charge in [0.2, 0.25) is 0 Å². The molecule has 0 aliphatic carbocycles. The molecule has 0 fully saturated rings. The van der Waals surface area contributed by atoms with Crippen molar-refractivity contribution in [1.82, 2.24) is 9.97 Å². The maximum Gasteiger partial charge on any atom is 0.316 e. The van der Waals surface area contributed by atoms with Crippen LogP contribution in [-0.4, -0.2) is 17.1 Å². The van der Waals surface area contributed by atoms with Crippen molar-refractivity contribution >= 4 is 0 Å². The molecule has 0 saturated carbocycles. The Hall–Kier alpha value is -1.12. The predicted octanol–water partition coefficient (Wildman–Crippen LogP) is 2.91.